The molecule has 0 amide bonds. The SMILES string of the molecule is CC1CC(C)(C)N=C(CCCCCBr)O1. The molecule has 0 radical (unpaired) electrons. The molecule has 0 aliphatic carbocycles. The Morgan fingerprint density at radius 1 is 1.40 bits per heavy atom. The first kappa shape index (κ1) is 13.0. The van der Waals surface area contributed by atoms with Crippen LogP contribution in [0.25, 0.3) is 0 Å². The molecule has 1 rings (SSSR count). The Labute approximate surface area is 102 Å². The van der Waals surface area contributed by atoms with Gasteiger partial charge in [-0.3, -0.25) is 0 Å². The summed E-state index contributed by atoms with van der Waals surface area (Å²) in [5.41, 5.74) is 0.0718. The average molecular weight is 276 g/mol. The largest absolute Gasteiger partial charge is 0.478 e. The van der Waals surface area contributed by atoms with Crippen molar-refractivity contribution >= 4 is 21.8 Å². The van der Waals surface area contributed by atoms with E-state index in [0.29, 0.717) is 6.10 Å². The van der Waals surface area contributed by atoms with Gasteiger partial charge in [0.1, 0.15) is 0 Å². The molecule has 1 aliphatic rings. The summed E-state index contributed by atoms with van der Waals surface area (Å²) in [4.78, 5) is 4.64. The van der Waals surface area contributed by atoms with Crippen LogP contribution in [0.4, 0.5) is 0 Å². The molecule has 15 heavy (non-hydrogen) atoms. The maximum Gasteiger partial charge on any atom is 0.183 e. The molecular formula is C12H22BrNO. The van der Waals surface area contributed by atoms with Gasteiger partial charge in [0.05, 0.1) is 11.6 Å². The fourth-order valence-electron chi connectivity index (χ4n) is 2.05. The van der Waals surface area contributed by atoms with E-state index in [-0.39, 0.29) is 5.54 Å². The zero-order chi connectivity index (χ0) is 11.3. The minimum absolute atomic E-state index is 0.0718. The molecule has 1 atom stereocenters. The van der Waals surface area contributed by atoms with Crippen LogP contribution in [-0.2, 0) is 4.74 Å². The second kappa shape index (κ2) is 5.88. The van der Waals surface area contributed by atoms with E-state index in [1.54, 1.807) is 0 Å². The first-order valence-corrected chi connectivity index (χ1v) is 6.97. The third-order valence-electron chi connectivity index (χ3n) is 2.58. The number of hydrogen-bond acceptors (Lipinski definition) is 2. The van der Waals surface area contributed by atoms with E-state index in [4.69, 9.17) is 4.74 Å². The number of rotatable bonds is 5. The molecular weight excluding hydrogens is 254 g/mol. The van der Waals surface area contributed by atoms with E-state index in [2.05, 4.69) is 41.7 Å². The molecule has 3 heteroatoms. The van der Waals surface area contributed by atoms with E-state index in [1.807, 2.05) is 0 Å². The van der Waals surface area contributed by atoms with Crippen LogP contribution in [0.3, 0.4) is 0 Å². The Morgan fingerprint density at radius 3 is 2.73 bits per heavy atom. The molecule has 1 heterocycles. The summed E-state index contributed by atoms with van der Waals surface area (Å²) >= 11 is 3.44. The molecule has 0 aromatic rings. The summed E-state index contributed by atoms with van der Waals surface area (Å²) in [6.45, 7) is 6.50. The van der Waals surface area contributed by atoms with Crippen molar-refractivity contribution in [3.05, 3.63) is 0 Å². The maximum atomic E-state index is 5.74. The second-order valence-corrected chi connectivity index (χ2v) is 5.74. The van der Waals surface area contributed by atoms with Gasteiger partial charge in [0.25, 0.3) is 0 Å². The molecule has 0 saturated carbocycles. The van der Waals surface area contributed by atoms with Crippen molar-refractivity contribution in [2.75, 3.05) is 5.33 Å². The van der Waals surface area contributed by atoms with Gasteiger partial charge < -0.3 is 4.74 Å². The third-order valence-corrected chi connectivity index (χ3v) is 3.14. The smallest absolute Gasteiger partial charge is 0.183 e. The van der Waals surface area contributed by atoms with Gasteiger partial charge in [0, 0.05) is 18.2 Å². The van der Waals surface area contributed by atoms with Crippen LogP contribution >= 0.6 is 15.9 Å². The number of aliphatic imine (C=N–C) groups is 1. The lowest BCUT2D eigenvalue weighted by molar-refractivity contribution is 0.139. The van der Waals surface area contributed by atoms with Crippen molar-refractivity contribution in [1.29, 1.82) is 0 Å². The van der Waals surface area contributed by atoms with Crippen LogP contribution in [-0.4, -0.2) is 22.9 Å². The summed E-state index contributed by atoms with van der Waals surface area (Å²) in [7, 11) is 0. The Bertz CT molecular complexity index is 226. The van der Waals surface area contributed by atoms with Crippen LogP contribution in [0.1, 0.15) is 52.9 Å². The predicted molar refractivity (Wildman–Crippen MR) is 68.9 cm³/mol. The van der Waals surface area contributed by atoms with Crippen LogP contribution in [0.5, 0.6) is 0 Å². The van der Waals surface area contributed by atoms with Gasteiger partial charge in [-0.05, 0) is 33.6 Å². The van der Waals surface area contributed by atoms with Crippen molar-refractivity contribution < 1.29 is 4.74 Å². The van der Waals surface area contributed by atoms with E-state index < -0.39 is 0 Å². The van der Waals surface area contributed by atoms with Gasteiger partial charge in [-0.1, -0.05) is 22.4 Å². The molecule has 0 N–H and O–H groups in total. The minimum atomic E-state index is 0.0718. The Kier molecular flexibility index (Phi) is 5.10. The molecule has 1 aliphatic heterocycles. The van der Waals surface area contributed by atoms with Crippen LogP contribution < -0.4 is 0 Å². The van der Waals surface area contributed by atoms with Crippen LogP contribution in [0, 0.1) is 0 Å². The molecule has 0 spiro atoms. The van der Waals surface area contributed by atoms with Crippen molar-refractivity contribution in [1.82, 2.24) is 0 Å². The number of hydrogen-bond donors (Lipinski definition) is 0. The van der Waals surface area contributed by atoms with Gasteiger partial charge in [-0.15, -0.1) is 0 Å². The minimum Gasteiger partial charge on any atom is -0.478 e. The van der Waals surface area contributed by atoms with E-state index in [0.717, 1.165) is 24.1 Å². The van der Waals surface area contributed by atoms with E-state index >= 15 is 0 Å². The Balaban J connectivity index is 2.36. The monoisotopic (exact) mass is 275 g/mol. The molecule has 0 aromatic carbocycles. The number of halogens is 1. The fourth-order valence-corrected chi connectivity index (χ4v) is 2.45. The lowest BCUT2D eigenvalue weighted by Gasteiger charge is -2.31. The van der Waals surface area contributed by atoms with Gasteiger partial charge >= 0.3 is 0 Å². The van der Waals surface area contributed by atoms with Crippen molar-refractivity contribution in [3.63, 3.8) is 0 Å². The Hall–Kier alpha value is -0.0500. The molecule has 0 saturated heterocycles. The molecule has 0 aromatic heterocycles. The normalized spacial score (nSPS) is 24.5. The van der Waals surface area contributed by atoms with Crippen LogP contribution in [0.15, 0.2) is 4.99 Å². The van der Waals surface area contributed by atoms with E-state index in [1.165, 1.54) is 19.3 Å². The van der Waals surface area contributed by atoms with Gasteiger partial charge in [-0.25, -0.2) is 4.99 Å². The van der Waals surface area contributed by atoms with Crippen LogP contribution in [0.2, 0.25) is 0 Å². The quantitative estimate of drug-likeness (QED) is 0.550. The zero-order valence-electron chi connectivity index (χ0n) is 10.1. The molecule has 1 unspecified atom stereocenters. The molecule has 0 bridgehead atoms. The Morgan fingerprint density at radius 2 is 2.13 bits per heavy atom. The average Bonchev–Trinajstić information content (AvgIpc) is 2.09. The summed E-state index contributed by atoms with van der Waals surface area (Å²) in [5.74, 6) is 0.966. The lowest BCUT2D eigenvalue weighted by atomic mass is 9.96. The van der Waals surface area contributed by atoms with Gasteiger partial charge in [0.15, 0.2) is 5.90 Å². The summed E-state index contributed by atoms with van der Waals surface area (Å²) in [5, 5.41) is 1.10. The summed E-state index contributed by atoms with van der Waals surface area (Å²) in [6, 6.07) is 0. The lowest BCUT2D eigenvalue weighted by Crippen LogP contribution is -2.33. The topological polar surface area (TPSA) is 21.6 Å². The standard InChI is InChI=1S/C12H22BrNO/c1-10-9-12(2,3)14-11(15-10)7-5-4-6-8-13/h10H,4-9H2,1-3H3. The number of alkyl halides is 1. The first-order chi connectivity index (χ1) is 7.03. The number of unbranched alkanes of at least 4 members (excludes halogenated alkanes) is 2. The van der Waals surface area contributed by atoms with Crippen molar-refractivity contribution in [2.24, 2.45) is 4.99 Å². The highest BCUT2D eigenvalue weighted by Gasteiger charge is 2.27. The summed E-state index contributed by atoms with van der Waals surface area (Å²) in [6.07, 6.45) is 6.03. The zero-order valence-corrected chi connectivity index (χ0v) is 11.6. The predicted octanol–water partition coefficient (Wildman–Crippen LogP) is 3.93. The summed E-state index contributed by atoms with van der Waals surface area (Å²) < 4.78 is 5.74. The van der Waals surface area contributed by atoms with Crippen molar-refractivity contribution in [3.8, 4) is 0 Å². The highest BCUT2D eigenvalue weighted by molar-refractivity contribution is 9.09. The van der Waals surface area contributed by atoms with E-state index in [9.17, 15) is 0 Å². The molecule has 2 nitrogen and oxygen atoms in total. The number of ether oxygens (including phenoxy) is 1. The third kappa shape index (κ3) is 5.01. The molecule has 88 valence electrons. The first-order valence-electron chi connectivity index (χ1n) is 5.85. The van der Waals surface area contributed by atoms with Gasteiger partial charge in [-0.2, -0.15) is 0 Å². The molecule has 0 fully saturated rings. The fraction of sp³-hybridized carbons (Fsp3) is 0.917. The number of nitrogens with zero attached hydrogens (tertiary/aromatic N) is 1. The highest BCUT2D eigenvalue weighted by Crippen LogP contribution is 2.25. The maximum absolute atomic E-state index is 5.74. The van der Waals surface area contributed by atoms with Crippen molar-refractivity contribution in [2.45, 2.75) is 64.5 Å². The second-order valence-electron chi connectivity index (χ2n) is 4.95. The highest BCUT2D eigenvalue weighted by atomic mass is 79.9. The van der Waals surface area contributed by atoms with Gasteiger partial charge in [0.2, 0.25) is 0 Å².